The average Bonchev–Trinajstić information content (AvgIpc) is 2.46. The predicted molar refractivity (Wildman–Crippen MR) is 90.2 cm³/mol. The van der Waals surface area contributed by atoms with E-state index in [9.17, 15) is 4.79 Å². The van der Waals surface area contributed by atoms with Gasteiger partial charge >= 0.3 is 5.97 Å². The van der Waals surface area contributed by atoms with Crippen LogP contribution in [0.5, 0.6) is 0 Å². The first-order chi connectivity index (χ1) is 9.51. The minimum atomic E-state index is -0.849. The summed E-state index contributed by atoms with van der Waals surface area (Å²) < 4.78 is 0. The lowest BCUT2D eigenvalue weighted by atomic mass is 9.89. The highest BCUT2D eigenvalue weighted by molar-refractivity contribution is 5.86. The Bertz CT molecular complexity index is 455. The van der Waals surface area contributed by atoms with Crippen LogP contribution in [-0.2, 0) is 4.79 Å². The predicted octanol–water partition coefficient (Wildman–Crippen LogP) is 3.95. The first kappa shape index (κ1) is 19.7. The van der Waals surface area contributed by atoms with Crippen molar-refractivity contribution in [3.8, 4) is 0 Å². The van der Waals surface area contributed by atoms with Gasteiger partial charge in [0.25, 0.3) is 0 Å². The molecule has 0 heterocycles. The van der Waals surface area contributed by atoms with Crippen LogP contribution in [0.4, 0.5) is 0 Å². The van der Waals surface area contributed by atoms with Gasteiger partial charge in [-0.2, -0.15) is 0 Å². The molecule has 0 aromatic heterocycles. The highest BCUT2D eigenvalue weighted by atomic mass is 35.5. The Kier molecular flexibility index (Phi) is 8.98. The first-order valence-corrected chi connectivity index (χ1v) is 7.21. The highest BCUT2D eigenvalue weighted by Gasteiger charge is 2.22. The fourth-order valence-corrected chi connectivity index (χ4v) is 2.56. The van der Waals surface area contributed by atoms with E-state index in [1.807, 2.05) is 24.3 Å². The quantitative estimate of drug-likeness (QED) is 0.775. The molecule has 1 aromatic rings. The Morgan fingerprint density at radius 2 is 1.76 bits per heavy atom. The van der Waals surface area contributed by atoms with Crippen LogP contribution in [0.2, 0.25) is 0 Å². The van der Waals surface area contributed by atoms with Crippen LogP contribution >= 0.6 is 12.4 Å². The highest BCUT2D eigenvalue weighted by Crippen LogP contribution is 2.26. The number of likely N-dealkylation sites (N-methyl/N-ethyl adjacent to an activating group) is 1. The third-order valence-corrected chi connectivity index (χ3v) is 3.86. The number of carboxylic acids is 1. The Labute approximate surface area is 134 Å². The van der Waals surface area contributed by atoms with Gasteiger partial charge in [-0.15, -0.1) is 12.4 Å². The molecule has 0 aliphatic carbocycles. The van der Waals surface area contributed by atoms with Gasteiger partial charge in [-0.3, -0.25) is 0 Å². The molecule has 0 aliphatic heterocycles. The third kappa shape index (κ3) is 5.52. The van der Waals surface area contributed by atoms with Crippen LogP contribution in [0.1, 0.15) is 39.2 Å². The van der Waals surface area contributed by atoms with Gasteiger partial charge in [-0.1, -0.05) is 50.3 Å². The number of halogens is 1. The van der Waals surface area contributed by atoms with E-state index in [1.165, 1.54) is 0 Å². The molecule has 0 amide bonds. The lowest BCUT2D eigenvalue weighted by molar-refractivity contribution is -0.132. The normalized spacial score (nSPS) is 14.4. The summed E-state index contributed by atoms with van der Waals surface area (Å²) in [6.07, 6.45) is 1.88. The summed E-state index contributed by atoms with van der Waals surface area (Å²) in [5, 5.41) is 9.13. The van der Waals surface area contributed by atoms with E-state index in [1.54, 1.807) is 6.92 Å². The lowest BCUT2D eigenvalue weighted by Crippen LogP contribution is -2.37. The van der Waals surface area contributed by atoms with Crippen molar-refractivity contribution < 1.29 is 9.90 Å². The number of aliphatic carboxylic acids is 1. The van der Waals surface area contributed by atoms with Crippen LogP contribution in [0.3, 0.4) is 0 Å². The van der Waals surface area contributed by atoms with E-state index >= 15 is 0 Å². The van der Waals surface area contributed by atoms with Crippen LogP contribution in [0.15, 0.2) is 42.0 Å². The number of carboxylic acid groups (broad SMARTS) is 1. The number of nitrogens with zero attached hydrogens (tertiary/aromatic N) is 1. The van der Waals surface area contributed by atoms with E-state index in [0.717, 1.165) is 18.7 Å². The summed E-state index contributed by atoms with van der Waals surface area (Å²) in [7, 11) is 0. The fourth-order valence-electron chi connectivity index (χ4n) is 2.56. The number of benzene rings is 1. The molecule has 118 valence electrons. The molecule has 2 unspecified atom stereocenters. The molecule has 1 aromatic carbocycles. The van der Waals surface area contributed by atoms with Crippen LogP contribution in [-0.4, -0.2) is 35.1 Å². The van der Waals surface area contributed by atoms with Gasteiger partial charge in [-0.25, -0.2) is 4.79 Å². The Balaban J connectivity index is 0.00000400. The summed E-state index contributed by atoms with van der Waals surface area (Å²) >= 11 is 0. The topological polar surface area (TPSA) is 40.5 Å². The fraction of sp³-hybridized carbons (Fsp3) is 0.471. The van der Waals surface area contributed by atoms with E-state index in [2.05, 4.69) is 37.8 Å². The van der Waals surface area contributed by atoms with Gasteiger partial charge in [0, 0.05) is 17.5 Å². The molecule has 0 bridgehead atoms. The zero-order valence-corrected chi connectivity index (χ0v) is 14.1. The van der Waals surface area contributed by atoms with Crippen molar-refractivity contribution in [2.75, 3.05) is 13.1 Å². The molecule has 21 heavy (non-hydrogen) atoms. The van der Waals surface area contributed by atoms with E-state index in [-0.39, 0.29) is 24.4 Å². The second kappa shape index (κ2) is 9.59. The number of hydrogen-bond donors (Lipinski definition) is 1. The summed E-state index contributed by atoms with van der Waals surface area (Å²) in [5.74, 6) is -0.759. The maximum Gasteiger partial charge on any atom is 0.330 e. The van der Waals surface area contributed by atoms with E-state index in [0.29, 0.717) is 5.57 Å². The minimum absolute atomic E-state index is 0. The van der Waals surface area contributed by atoms with Gasteiger partial charge in [0.1, 0.15) is 0 Å². The Morgan fingerprint density at radius 1 is 1.24 bits per heavy atom. The maximum absolute atomic E-state index is 11.1. The summed E-state index contributed by atoms with van der Waals surface area (Å²) in [6, 6.07) is 10.4. The molecule has 1 rings (SSSR count). The van der Waals surface area contributed by atoms with Crippen molar-refractivity contribution in [2.24, 2.45) is 0 Å². The van der Waals surface area contributed by atoms with Gasteiger partial charge in [-0.05, 0) is 32.5 Å². The van der Waals surface area contributed by atoms with Gasteiger partial charge in [0.2, 0.25) is 0 Å². The lowest BCUT2D eigenvalue weighted by Gasteiger charge is -2.32. The molecule has 1 N–H and O–H groups in total. The second-order valence-corrected chi connectivity index (χ2v) is 5.05. The SMILES string of the molecule is CCN(CC)C(C)C(C=C(C)C(=O)O)c1ccccc1.Cl. The van der Waals surface area contributed by atoms with Gasteiger partial charge in [0.05, 0.1) is 0 Å². The molecular formula is C17H26ClNO2. The number of carbonyl (C=O) groups is 1. The third-order valence-electron chi connectivity index (χ3n) is 3.86. The second-order valence-electron chi connectivity index (χ2n) is 5.05. The van der Waals surface area contributed by atoms with Gasteiger partial charge in [0.15, 0.2) is 0 Å². The zero-order valence-electron chi connectivity index (χ0n) is 13.2. The van der Waals surface area contributed by atoms with E-state index < -0.39 is 5.97 Å². The van der Waals surface area contributed by atoms with Crippen molar-refractivity contribution >= 4 is 18.4 Å². The average molecular weight is 312 g/mol. The summed E-state index contributed by atoms with van der Waals surface area (Å²) in [6.45, 7) is 10.0. The molecule has 2 atom stereocenters. The Morgan fingerprint density at radius 3 is 2.19 bits per heavy atom. The van der Waals surface area contributed by atoms with Crippen molar-refractivity contribution in [1.29, 1.82) is 0 Å². The van der Waals surface area contributed by atoms with Gasteiger partial charge < -0.3 is 10.0 Å². The Hall–Kier alpha value is -1.32. The number of hydrogen-bond acceptors (Lipinski definition) is 2. The van der Waals surface area contributed by atoms with Crippen LogP contribution in [0.25, 0.3) is 0 Å². The van der Waals surface area contributed by atoms with Crippen molar-refractivity contribution in [1.82, 2.24) is 4.90 Å². The van der Waals surface area contributed by atoms with Crippen molar-refractivity contribution in [2.45, 2.75) is 39.7 Å². The van der Waals surface area contributed by atoms with Crippen molar-refractivity contribution in [3.05, 3.63) is 47.5 Å². The minimum Gasteiger partial charge on any atom is -0.478 e. The smallest absolute Gasteiger partial charge is 0.330 e. The molecule has 0 aliphatic rings. The van der Waals surface area contributed by atoms with Crippen LogP contribution in [0, 0.1) is 0 Å². The molecule has 0 spiro atoms. The largest absolute Gasteiger partial charge is 0.478 e. The molecule has 4 heteroatoms. The standard InChI is InChI=1S/C17H25NO2.ClH/c1-5-18(6-2)14(4)16(12-13(3)17(19)20)15-10-8-7-9-11-15;/h7-12,14,16H,5-6H2,1-4H3,(H,19,20);1H. The molecule has 0 radical (unpaired) electrons. The first-order valence-electron chi connectivity index (χ1n) is 7.21. The molecule has 3 nitrogen and oxygen atoms in total. The summed E-state index contributed by atoms with van der Waals surface area (Å²) in [4.78, 5) is 13.5. The van der Waals surface area contributed by atoms with Crippen molar-refractivity contribution in [3.63, 3.8) is 0 Å². The monoisotopic (exact) mass is 311 g/mol. The molecule has 0 saturated carbocycles. The maximum atomic E-state index is 11.1. The molecule has 0 saturated heterocycles. The molecule has 0 fully saturated rings. The van der Waals surface area contributed by atoms with Crippen LogP contribution < -0.4 is 0 Å². The zero-order chi connectivity index (χ0) is 15.1. The number of rotatable bonds is 7. The van der Waals surface area contributed by atoms with E-state index in [4.69, 9.17) is 5.11 Å². The molecular weight excluding hydrogens is 286 g/mol. The summed E-state index contributed by atoms with van der Waals surface area (Å²) in [5.41, 5.74) is 1.56.